The van der Waals surface area contributed by atoms with Crippen LogP contribution in [0.25, 0.3) is 0 Å². The molecule has 11 heavy (non-hydrogen) atoms. The first-order chi connectivity index (χ1) is 4.89. The van der Waals surface area contributed by atoms with E-state index in [9.17, 15) is 8.42 Å². The Morgan fingerprint density at radius 2 is 1.91 bits per heavy atom. The van der Waals surface area contributed by atoms with Crippen LogP contribution in [0.5, 0.6) is 0 Å². The summed E-state index contributed by atoms with van der Waals surface area (Å²) in [5.41, 5.74) is 0. The molecule has 1 N–H and O–H groups in total. The average Bonchev–Trinajstić information content (AvgIpc) is 1.79. The summed E-state index contributed by atoms with van der Waals surface area (Å²) in [5, 5.41) is -0.757. The van der Waals surface area contributed by atoms with E-state index in [-0.39, 0.29) is 0 Å². The van der Waals surface area contributed by atoms with Gasteiger partial charge in [-0.05, 0) is 20.5 Å². The summed E-state index contributed by atoms with van der Waals surface area (Å²) in [6.45, 7) is 1.88. The zero-order chi connectivity index (χ0) is 9.07. The van der Waals surface area contributed by atoms with Crippen molar-refractivity contribution < 1.29 is 13.0 Å². The van der Waals surface area contributed by atoms with Gasteiger partial charge in [-0.25, -0.2) is 0 Å². The highest BCUT2D eigenvalue weighted by Gasteiger charge is 2.23. The molecule has 0 rings (SSSR count). The molecule has 0 amide bonds. The lowest BCUT2D eigenvalue weighted by molar-refractivity contribution is 0.322. The fourth-order valence-corrected chi connectivity index (χ4v) is 1.99. The molecule has 0 aliphatic carbocycles. The van der Waals surface area contributed by atoms with Crippen molar-refractivity contribution in [3.8, 4) is 0 Å². The van der Waals surface area contributed by atoms with Crippen molar-refractivity contribution >= 4 is 10.1 Å². The Kier molecular flexibility index (Phi) is 3.99. The molecule has 4 nitrogen and oxygen atoms in total. The topological polar surface area (TPSA) is 57.6 Å². The standard InChI is InChI=1S/C6H15NO3S/c1-4-5-6(7(2)3)11(8,9)10/h6H,4-5H2,1-3H3,(H,8,9,10). The van der Waals surface area contributed by atoms with E-state index >= 15 is 0 Å². The minimum atomic E-state index is -3.90. The minimum absolute atomic E-state index is 0.464. The molecule has 0 saturated carbocycles. The van der Waals surface area contributed by atoms with Crippen LogP contribution in [-0.2, 0) is 10.1 Å². The number of hydrogen-bond acceptors (Lipinski definition) is 3. The Hall–Kier alpha value is -0.130. The summed E-state index contributed by atoms with van der Waals surface area (Å²) >= 11 is 0. The molecule has 0 bridgehead atoms. The Bertz CT molecular complexity index is 198. The van der Waals surface area contributed by atoms with Crippen LogP contribution < -0.4 is 0 Å². The lowest BCUT2D eigenvalue weighted by Gasteiger charge is -2.19. The number of nitrogens with zero attached hydrogens (tertiary/aromatic N) is 1. The Labute approximate surface area is 68.0 Å². The van der Waals surface area contributed by atoms with Gasteiger partial charge >= 0.3 is 0 Å². The molecular formula is C6H15NO3S. The minimum Gasteiger partial charge on any atom is -0.291 e. The Morgan fingerprint density at radius 3 is 2.00 bits per heavy atom. The molecule has 0 aliphatic heterocycles. The van der Waals surface area contributed by atoms with Crippen LogP contribution in [0.15, 0.2) is 0 Å². The van der Waals surface area contributed by atoms with Crippen molar-refractivity contribution in [1.29, 1.82) is 0 Å². The summed E-state index contributed by atoms with van der Waals surface area (Å²) in [5.74, 6) is 0. The smallest absolute Gasteiger partial charge is 0.281 e. The molecule has 0 heterocycles. The fraction of sp³-hybridized carbons (Fsp3) is 1.00. The van der Waals surface area contributed by atoms with Gasteiger partial charge in [-0.1, -0.05) is 13.3 Å². The van der Waals surface area contributed by atoms with E-state index in [0.717, 1.165) is 6.42 Å². The number of rotatable bonds is 4. The van der Waals surface area contributed by atoms with Crippen LogP contribution in [-0.4, -0.2) is 37.3 Å². The van der Waals surface area contributed by atoms with E-state index in [0.29, 0.717) is 6.42 Å². The molecule has 0 fully saturated rings. The first-order valence-corrected chi connectivity index (χ1v) is 5.02. The molecule has 5 heteroatoms. The van der Waals surface area contributed by atoms with Gasteiger partial charge in [-0.2, -0.15) is 8.42 Å². The van der Waals surface area contributed by atoms with Gasteiger partial charge in [0.25, 0.3) is 10.1 Å². The summed E-state index contributed by atoms with van der Waals surface area (Å²) < 4.78 is 30.1. The van der Waals surface area contributed by atoms with Crippen molar-refractivity contribution in [2.45, 2.75) is 25.1 Å². The van der Waals surface area contributed by atoms with Gasteiger partial charge in [-0.15, -0.1) is 0 Å². The summed E-state index contributed by atoms with van der Waals surface area (Å²) in [6, 6.07) is 0. The van der Waals surface area contributed by atoms with E-state index in [1.165, 1.54) is 4.90 Å². The fourth-order valence-electron chi connectivity index (χ4n) is 0.920. The van der Waals surface area contributed by atoms with Gasteiger partial charge in [0.1, 0.15) is 5.37 Å². The second-order valence-corrected chi connectivity index (χ2v) is 4.30. The van der Waals surface area contributed by atoms with Gasteiger partial charge in [-0.3, -0.25) is 9.45 Å². The van der Waals surface area contributed by atoms with Gasteiger partial charge in [0.05, 0.1) is 0 Å². The third-order valence-corrected chi connectivity index (χ3v) is 2.80. The molecule has 68 valence electrons. The van der Waals surface area contributed by atoms with Crippen molar-refractivity contribution in [2.75, 3.05) is 14.1 Å². The van der Waals surface area contributed by atoms with Crippen LogP contribution in [0, 0.1) is 0 Å². The molecule has 0 aromatic carbocycles. The van der Waals surface area contributed by atoms with E-state index in [1.54, 1.807) is 14.1 Å². The van der Waals surface area contributed by atoms with Crippen LogP contribution in [0.1, 0.15) is 19.8 Å². The van der Waals surface area contributed by atoms with E-state index in [4.69, 9.17) is 4.55 Å². The quantitative estimate of drug-likeness (QED) is 0.644. The first kappa shape index (κ1) is 10.9. The van der Waals surface area contributed by atoms with Crippen LogP contribution in [0.4, 0.5) is 0 Å². The average molecular weight is 181 g/mol. The largest absolute Gasteiger partial charge is 0.291 e. The molecule has 1 atom stereocenters. The number of hydrogen-bond donors (Lipinski definition) is 1. The highest BCUT2D eigenvalue weighted by molar-refractivity contribution is 7.86. The molecule has 0 aliphatic rings. The third-order valence-electron chi connectivity index (χ3n) is 1.46. The third kappa shape index (κ3) is 3.69. The molecule has 0 aromatic heterocycles. The lowest BCUT2D eigenvalue weighted by atomic mass is 10.3. The van der Waals surface area contributed by atoms with Crippen molar-refractivity contribution in [3.05, 3.63) is 0 Å². The Balaban J connectivity index is 4.36. The maximum atomic E-state index is 10.7. The maximum absolute atomic E-state index is 10.7. The normalized spacial score (nSPS) is 15.4. The molecule has 0 aromatic rings. The molecular weight excluding hydrogens is 166 g/mol. The monoisotopic (exact) mass is 181 g/mol. The van der Waals surface area contributed by atoms with E-state index in [2.05, 4.69) is 0 Å². The highest BCUT2D eigenvalue weighted by atomic mass is 32.2. The first-order valence-electron chi connectivity index (χ1n) is 3.52. The van der Waals surface area contributed by atoms with Gasteiger partial charge in [0.15, 0.2) is 0 Å². The SMILES string of the molecule is CCCC(N(C)C)S(=O)(=O)O. The molecule has 1 unspecified atom stereocenters. The van der Waals surface area contributed by atoms with Crippen molar-refractivity contribution in [1.82, 2.24) is 4.90 Å². The predicted molar refractivity (Wildman–Crippen MR) is 43.9 cm³/mol. The second kappa shape index (κ2) is 4.04. The van der Waals surface area contributed by atoms with Crippen LogP contribution in [0.2, 0.25) is 0 Å². The van der Waals surface area contributed by atoms with Crippen LogP contribution in [0.3, 0.4) is 0 Å². The lowest BCUT2D eigenvalue weighted by Crippen LogP contribution is -2.35. The van der Waals surface area contributed by atoms with E-state index in [1.807, 2.05) is 6.92 Å². The molecule has 0 spiro atoms. The second-order valence-electron chi connectivity index (χ2n) is 2.72. The van der Waals surface area contributed by atoms with E-state index < -0.39 is 15.5 Å². The van der Waals surface area contributed by atoms with Gasteiger partial charge in [0.2, 0.25) is 0 Å². The molecule has 0 saturated heterocycles. The maximum Gasteiger partial charge on any atom is 0.281 e. The zero-order valence-electron chi connectivity index (χ0n) is 7.11. The predicted octanol–water partition coefficient (Wildman–Crippen LogP) is 0.562. The van der Waals surface area contributed by atoms with Crippen molar-refractivity contribution in [3.63, 3.8) is 0 Å². The van der Waals surface area contributed by atoms with Crippen LogP contribution >= 0.6 is 0 Å². The Morgan fingerprint density at radius 1 is 1.45 bits per heavy atom. The summed E-state index contributed by atoms with van der Waals surface area (Å²) in [6.07, 6.45) is 1.20. The zero-order valence-corrected chi connectivity index (χ0v) is 7.93. The highest BCUT2D eigenvalue weighted by Crippen LogP contribution is 2.08. The van der Waals surface area contributed by atoms with Gasteiger partial charge in [0, 0.05) is 0 Å². The van der Waals surface area contributed by atoms with Gasteiger partial charge < -0.3 is 0 Å². The van der Waals surface area contributed by atoms with Crippen molar-refractivity contribution in [2.24, 2.45) is 0 Å². The summed E-state index contributed by atoms with van der Waals surface area (Å²) in [7, 11) is -0.634. The molecule has 0 radical (unpaired) electrons. The summed E-state index contributed by atoms with van der Waals surface area (Å²) in [4.78, 5) is 1.50.